The summed E-state index contributed by atoms with van der Waals surface area (Å²) in [5.74, 6) is 0.306. The van der Waals surface area contributed by atoms with Crippen molar-refractivity contribution in [2.45, 2.75) is 45.8 Å². The molecule has 1 amide bonds. The van der Waals surface area contributed by atoms with Gasteiger partial charge in [-0.25, -0.2) is 4.79 Å². The van der Waals surface area contributed by atoms with Crippen molar-refractivity contribution in [3.05, 3.63) is 0 Å². The maximum atomic E-state index is 12.0. The maximum absolute atomic E-state index is 12.0. The van der Waals surface area contributed by atoms with Gasteiger partial charge in [0.1, 0.15) is 5.60 Å². The van der Waals surface area contributed by atoms with Gasteiger partial charge in [0.25, 0.3) is 10.1 Å². The Morgan fingerprint density at radius 1 is 1.37 bits per heavy atom. The summed E-state index contributed by atoms with van der Waals surface area (Å²) in [7, 11) is -3.49. The van der Waals surface area contributed by atoms with Crippen LogP contribution in [-0.4, -0.2) is 50.5 Å². The van der Waals surface area contributed by atoms with E-state index < -0.39 is 21.8 Å². The van der Waals surface area contributed by atoms with Gasteiger partial charge in [-0.1, -0.05) is 6.92 Å². The van der Waals surface area contributed by atoms with Gasteiger partial charge in [-0.3, -0.25) is 4.18 Å². The first-order valence-corrected chi connectivity index (χ1v) is 8.13. The lowest BCUT2D eigenvalue weighted by Crippen LogP contribution is -2.42. The van der Waals surface area contributed by atoms with E-state index in [9.17, 15) is 13.2 Å². The van der Waals surface area contributed by atoms with E-state index in [0.717, 1.165) is 12.7 Å². The van der Waals surface area contributed by atoms with Gasteiger partial charge in [0.15, 0.2) is 0 Å². The van der Waals surface area contributed by atoms with Crippen molar-refractivity contribution in [2.24, 2.45) is 5.92 Å². The van der Waals surface area contributed by atoms with Crippen LogP contribution in [0.5, 0.6) is 0 Å². The molecule has 0 aliphatic carbocycles. The van der Waals surface area contributed by atoms with Crippen LogP contribution in [-0.2, 0) is 19.0 Å². The molecule has 1 rings (SSSR count). The minimum atomic E-state index is -3.49. The van der Waals surface area contributed by atoms with Gasteiger partial charge in [-0.2, -0.15) is 8.42 Å². The van der Waals surface area contributed by atoms with E-state index in [4.69, 9.17) is 8.92 Å². The summed E-state index contributed by atoms with van der Waals surface area (Å²) in [5, 5.41) is 0. The van der Waals surface area contributed by atoms with Crippen LogP contribution < -0.4 is 0 Å². The standard InChI is InChI=1S/C12H23NO5S/c1-9-6-10(8-17-19(5,15)16)13(7-9)11(14)18-12(2,3)4/h9-10H,6-8H2,1-5H3. The zero-order chi connectivity index (χ0) is 14.8. The molecule has 1 aliphatic rings. The molecule has 6 nitrogen and oxygen atoms in total. The first-order valence-electron chi connectivity index (χ1n) is 6.32. The molecule has 112 valence electrons. The molecule has 0 N–H and O–H groups in total. The molecule has 1 fully saturated rings. The topological polar surface area (TPSA) is 72.9 Å². The zero-order valence-corrected chi connectivity index (χ0v) is 13.0. The molecule has 2 unspecified atom stereocenters. The Labute approximate surface area is 115 Å². The summed E-state index contributed by atoms with van der Waals surface area (Å²) in [5.41, 5.74) is -0.564. The molecule has 19 heavy (non-hydrogen) atoms. The van der Waals surface area contributed by atoms with Gasteiger partial charge < -0.3 is 9.64 Å². The molecule has 0 saturated carbocycles. The zero-order valence-electron chi connectivity index (χ0n) is 12.2. The van der Waals surface area contributed by atoms with Gasteiger partial charge in [0.05, 0.1) is 18.9 Å². The van der Waals surface area contributed by atoms with E-state index in [1.807, 2.05) is 6.92 Å². The van der Waals surface area contributed by atoms with E-state index in [2.05, 4.69) is 0 Å². The minimum Gasteiger partial charge on any atom is -0.444 e. The number of nitrogens with zero attached hydrogens (tertiary/aromatic N) is 1. The predicted molar refractivity (Wildman–Crippen MR) is 71.3 cm³/mol. The summed E-state index contributed by atoms with van der Waals surface area (Å²) in [6, 6.07) is -0.250. The third kappa shape index (κ3) is 5.78. The van der Waals surface area contributed by atoms with Crippen LogP contribution in [0, 0.1) is 5.92 Å². The Bertz CT molecular complexity index is 426. The number of rotatable bonds is 3. The highest BCUT2D eigenvalue weighted by Crippen LogP contribution is 2.25. The molecule has 7 heteroatoms. The van der Waals surface area contributed by atoms with E-state index >= 15 is 0 Å². The highest BCUT2D eigenvalue weighted by Gasteiger charge is 2.36. The van der Waals surface area contributed by atoms with Crippen molar-refractivity contribution in [3.8, 4) is 0 Å². The Balaban J connectivity index is 2.66. The second-order valence-corrected chi connectivity index (χ2v) is 7.76. The predicted octanol–water partition coefficient (Wildman–Crippen LogP) is 1.61. The first-order chi connectivity index (χ1) is 8.48. The molecule has 0 spiro atoms. The Morgan fingerprint density at radius 2 is 1.95 bits per heavy atom. The van der Waals surface area contributed by atoms with Crippen molar-refractivity contribution < 1.29 is 22.1 Å². The Hall–Kier alpha value is -0.820. The highest BCUT2D eigenvalue weighted by molar-refractivity contribution is 7.85. The summed E-state index contributed by atoms with van der Waals surface area (Å²) >= 11 is 0. The van der Waals surface area contributed by atoms with Crippen LogP contribution in [0.25, 0.3) is 0 Å². The summed E-state index contributed by atoms with van der Waals surface area (Å²) < 4.78 is 32.1. The monoisotopic (exact) mass is 293 g/mol. The number of carbonyl (C=O) groups excluding carboxylic acids is 1. The van der Waals surface area contributed by atoms with Crippen LogP contribution in [0.3, 0.4) is 0 Å². The second kappa shape index (κ2) is 5.66. The van der Waals surface area contributed by atoms with Gasteiger partial charge in [0, 0.05) is 6.54 Å². The van der Waals surface area contributed by atoms with Gasteiger partial charge in [-0.15, -0.1) is 0 Å². The van der Waals surface area contributed by atoms with Gasteiger partial charge in [0.2, 0.25) is 0 Å². The number of ether oxygens (including phenoxy) is 1. The first kappa shape index (κ1) is 16.2. The quantitative estimate of drug-likeness (QED) is 0.739. The van der Waals surface area contributed by atoms with Crippen molar-refractivity contribution in [3.63, 3.8) is 0 Å². The number of amides is 1. The molecule has 0 radical (unpaired) electrons. The van der Waals surface area contributed by atoms with E-state index in [0.29, 0.717) is 12.5 Å². The van der Waals surface area contributed by atoms with Crippen molar-refractivity contribution in [1.82, 2.24) is 4.90 Å². The molecule has 1 heterocycles. The smallest absolute Gasteiger partial charge is 0.410 e. The molecule has 1 saturated heterocycles. The maximum Gasteiger partial charge on any atom is 0.410 e. The largest absolute Gasteiger partial charge is 0.444 e. The van der Waals surface area contributed by atoms with E-state index in [-0.39, 0.29) is 12.6 Å². The number of hydrogen-bond acceptors (Lipinski definition) is 5. The Morgan fingerprint density at radius 3 is 2.42 bits per heavy atom. The lowest BCUT2D eigenvalue weighted by Gasteiger charge is -2.28. The molecular formula is C12H23NO5S. The molecular weight excluding hydrogens is 270 g/mol. The fourth-order valence-electron chi connectivity index (χ4n) is 2.06. The molecule has 0 aromatic carbocycles. The van der Waals surface area contributed by atoms with Crippen LogP contribution in [0.1, 0.15) is 34.1 Å². The summed E-state index contributed by atoms with van der Waals surface area (Å²) in [6.07, 6.45) is 1.30. The third-order valence-corrected chi connectivity index (χ3v) is 3.29. The second-order valence-electron chi connectivity index (χ2n) is 6.12. The van der Waals surface area contributed by atoms with Crippen molar-refractivity contribution >= 4 is 16.2 Å². The highest BCUT2D eigenvalue weighted by atomic mass is 32.2. The lowest BCUT2D eigenvalue weighted by molar-refractivity contribution is 0.0186. The summed E-state index contributed by atoms with van der Waals surface area (Å²) in [4.78, 5) is 13.6. The molecule has 1 aliphatic heterocycles. The van der Waals surface area contributed by atoms with Crippen molar-refractivity contribution in [2.75, 3.05) is 19.4 Å². The van der Waals surface area contributed by atoms with E-state index in [1.54, 1.807) is 25.7 Å². The Kier molecular flexibility index (Phi) is 4.84. The van der Waals surface area contributed by atoms with Crippen LogP contribution in [0.4, 0.5) is 4.79 Å². The fraction of sp³-hybridized carbons (Fsp3) is 0.917. The number of likely N-dealkylation sites (tertiary alicyclic amines) is 1. The average Bonchev–Trinajstić information content (AvgIpc) is 2.53. The van der Waals surface area contributed by atoms with Crippen LogP contribution in [0.2, 0.25) is 0 Å². The van der Waals surface area contributed by atoms with E-state index in [1.165, 1.54) is 0 Å². The molecule has 0 bridgehead atoms. The van der Waals surface area contributed by atoms with Gasteiger partial charge in [-0.05, 0) is 33.1 Å². The molecule has 2 atom stereocenters. The van der Waals surface area contributed by atoms with Crippen LogP contribution in [0.15, 0.2) is 0 Å². The third-order valence-electron chi connectivity index (χ3n) is 2.73. The lowest BCUT2D eigenvalue weighted by atomic mass is 10.1. The van der Waals surface area contributed by atoms with Crippen LogP contribution >= 0.6 is 0 Å². The van der Waals surface area contributed by atoms with Crippen molar-refractivity contribution in [1.29, 1.82) is 0 Å². The number of hydrogen-bond donors (Lipinski definition) is 0. The molecule has 0 aromatic heterocycles. The summed E-state index contributed by atoms with van der Waals surface area (Å²) in [6.45, 7) is 7.96. The SMILES string of the molecule is CC1CC(COS(C)(=O)=O)N(C(=O)OC(C)(C)C)C1. The fourth-order valence-corrected chi connectivity index (χ4v) is 2.46. The number of carbonyl (C=O) groups is 1. The van der Waals surface area contributed by atoms with Gasteiger partial charge >= 0.3 is 6.09 Å². The minimum absolute atomic E-state index is 0.0115. The normalized spacial score (nSPS) is 24.6. The average molecular weight is 293 g/mol. The molecule has 0 aromatic rings.